The number of likely N-dealkylation sites (tertiary alicyclic amines) is 1. The van der Waals surface area contributed by atoms with Crippen LogP contribution < -0.4 is 0 Å². The summed E-state index contributed by atoms with van der Waals surface area (Å²) >= 11 is 0. The molecule has 0 spiro atoms. The van der Waals surface area contributed by atoms with Gasteiger partial charge in [-0.05, 0) is 25.0 Å². The lowest BCUT2D eigenvalue weighted by molar-refractivity contribution is 0.0698. The molecular weight excluding hydrogens is 378 g/mol. The Labute approximate surface area is 174 Å². The van der Waals surface area contributed by atoms with Crippen molar-refractivity contribution in [1.29, 1.82) is 0 Å². The summed E-state index contributed by atoms with van der Waals surface area (Å²) in [5.41, 5.74) is 3.12. The van der Waals surface area contributed by atoms with Crippen molar-refractivity contribution >= 4 is 5.91 Å². The van der Waals surface area contributed by atoms with E-state index in [1.165, 1.54) is 4.80 Å². The minimum absolute atomic E-state index is 0.0255. The Hall–Kier alpha value is -3.74. The number of rotatable bonds is 4. The molecule has 1 atom stereocenters. The summed E-state index contributed by atoms with van der Waals surface area (Å²) < 4.78 is 5.80. The quantitative estimate of drug-likeness (QED) is 0.519. The number of benzene rings is 2. The summed E-state index contributed by atoms with van der Waals surface area (Å²) in [6.45, 7) is 1.29. The summed E-state index contributed by atoms with van der Waals surface area (Å²) in [7, 11) is 0. The second kappa shape index (κ2) is 7.94. The molecule has 30 heavy (non-hydrogen) atoms. The van der Waals surface area contributed by atoms with Gasteiger partial charge in [0.05, 0.1) is 29.6 Å². The van der Waals surface area contributed by atoms with Crippen LogP contribution in [0.25, 0.3) is 16.9 Å². The molecule has 0 saturated carbocycles. The van der Waals surface area contributed by atoms with Gasteiger partial charge in [0.2, 0.25) is 0 Å². The van der Waals surface area contributed by atoms with Crippen LogP contribution in [-0.2, 0) is 0 Å². The maximum absolute atomic E-state index is 13.3. The fourth-order valence-corrected chi connectivity index (χ4v) is 3.92. The van der Waals surface area contributed by atoms with Crippen molar-refractivity contribution < 1.29 is 9.21 Å². The molecule has 0 aliphatic carbocycles. The average molecular weight is 399 g/mol. The van der Waals surface area contributed by atoms with Gasteiger partial charge in [-0.2, -0.15) is 15.0 Å². The zero-order chi connectivity index (χ0) is 20.3. The van der Waals surface area contributed by atoms with Crippen LogP contribution in [0.15, 0.2) is 77.7 Å². The second-order valence-electron chi connectivity index (χ2n) is 7.36. The van der Waals surface area contributed by atoms with E-state index in [0.29, 0.717) is 30.2 Å². The van der Waals surface area contributed by atoms with Crippen LogP contribution in [0.5, 0.6) is 0 Å². The smallest absolute Gasteiger partial charge is 0.256 e. The van der Waals surface area contributed by atoms with Crippen molar-refractivity contribution in [3.8, 4) is 16.9 Å². The average Bonchev–Trinajstić information content (AvgIpc) is 3.52. The van der Waals surface area contributed by atoms with E-state index in [2.05, 4.69) is 10.2 Å². The summed E-state index contributed by atoms with van der Waals surface area (Å²) in [6.07, 6.45) is 6.75. The van der Waals surface area contributed by atoms with Crippen molar-refractivity contribution in [2.75, 3.05) is 13.1 Å². The largest absolute Gasteiger partial charge is 0.448 e. The Morgan fingerprint density at radius 1 is 1.00 bits per heavy atom. The Morgan fingerprint density at radius 3 is 2.60 bits per heavy atom. The third-order valence-corrected chi connectivity index (χ3v) is 5.42. The molecule has 0 radical (unpaired) electrons. The lowest BCUT2D eigenvalue weighted by atomic mass is 9.97. The van der Waals surface area contributed by atoms with Crippen molar-refractivity contribution in [2.45, 2.75) is 18.8 Å². The zero-order valence-corrected chi connectivity index (χ0v) is 16.4. The molecule has 5 rings (SSSR count). The minimum atomic E-state index is -0.0255. The number of amides is 1. The van der Waals surface area contributed by atoms with Crippen molar-refractivity contribution in [2.24, 2.45) is 0 Å². The summed E-state index contributed by atoms with van der Waals surface area (Å²) in [6, 6.07) is 17.4. The molecule has 1 saturated heterocycles. The van der Waals surface area contributed by atoms with E-state index in [-0.39, 0.29) is 11.8 Å². The Balaban J connectivity index is 1.37. The maximum Gasteiger partial charge on any atom is 0.256 e. The summed E-state index contributed by atoms with van der Waals surface area (Å²) in [5, 5.41) is 8.36. The van der Waals surface area contributed by atoms with Crippen molar-refractivity contribution in [3.63, 3.8) is 0 Å². The zero-order valence-electron chi connectivity index (χ0n) is 16.4. The molecule has 7 heteroatoms. The third kappa shape index (κ3) is 3.50. The number of carbonyl (C=O) groups excluding carboxylic acids is 1. The number of oxazole rings is 1. The molecule has 0 bridgehead atoms. The molecule has 150 valence electrons. The highest BCUT2D eigenvalue weighted by molar-refractivity contribution is 5.97. The normalized spacial score (nSPS) is 16.5. The molecular formula is C23H21N5O2. The van der Waals surface area contributed by atoms with Crippen molar-refractivity contribution in [3.05, 3.63) is 84.7 Å². The SMILES string of the molecule is O=C(c1ccccc1-n1nccn1)N1CCCC(c2nc(-c3ccccc3)co2)C1. The van der Waals surface area contributed by atoms with Crippen molar-refractivity contribution in [1.82, 2.24) is 24.9 Å². The monoisotopic (exact) mass is 399 g/mol. The van der Waals surface area contributed by atoms with Crippen LogP contribution in [0, 0.1) is 0 Å². The highest BCUT2D eigenvalue weighted by Crippen LogP contribution is 2.30. The Morgan fingerprint density at radius 2 is 1.77 bits per heavy atom. The van der Waals surface area contributed by atoms with Gasteiger partial charge in [0.15, 0.2) is 5.89 Å². The van der Waals surface area contributed by atoms with E-state index >= 15 is 0 Å². The minimum Gasteiger partial charge on any atom is -0.448 e. The highest BCUT2D eigenvalue weighted by Gasteiger charge is 2.29. The molecule has 1 fully saturated rings. The first kappa shape index (κ1) is 18.3. The number of piperidine rings is 1. The standard InChI is InChI=1S/C23H21N5O2/c29-23(19-10-4-5-11-21(19)28-24-12-13-25-28)27-14-6-9-18(15-27)22-26-20(16-30-22)17-7-2-1-3-8-17/h1-5,7-8,10-13,16,18H,6,9,14-15H2. The Bertz CT molecular complexity index is 1140. The number of para-hydroxylation sites is 1. The first-order chi connectivity index (χ1) is 14.8. The second-order valence-corrected chi connectivity index (χ2v) is 7.36. The first-order valence-electron chi connectivity index (χ1n) is 10.1. The molecule has 4 aromatic rings. The maximum atomic E-state index is 13.3. The topological polar surface area (TPSA) is 77.1 Å². The number of nitrogens with zero attached hydrogens (tertiary/aromatic N) is 5. The van der Waals surface area contributed by atoms with E-state index in [1.807, 2.05) is 59.5 Å². The molecule has 0 N–H and O–H groups in total. The summed E-state index contributed by atoms with van der Waals surface area (Å²) in [4.78, 5) is 21.4. The molecule has 1 aliphatic heterocycles. The first-order valence-corrected chi connectivity index (χ1v) is 10.1. The number of hydrogen-bond donors (Lipinski definition) is 0. The van der Waals surface area contributed by atoms with Gasteiger partial charge in [0.1, 0.15) is 12.0 Å². The van der Waals surface area contributed by atoms with Gasteiger partial charge in [-0.25, -0.2) is 4.98 Å². The van der Waals surface area contributed by atoms with Gasteiger partial charge in [-0.3, -0.25) is 4.79 Å². The predicted molar refractivity (Wildman–Crippen MR) is 111 cm³/mol. The number of carbonyl (C=O) groups is 1. The molecule has 2 aromatic heterocycles. The van der Waals surface area contributed by atoms with Crippen LogP contribution in [0.4, 0.5) is 0 Å². The van der Waals surface area contributed by atoms with Crippen LogP contribution in [0.3, 0.4) is 0 Å². The van der Waals surface area contributed by atoms with E-state index in [1.54, 1.807) is 18.7 Å². The fourth-order valence-electron chi connectivity index (χ4n) is 3.92. The van der Waals surface area contributed by atoms with Gasteiger partial charge in [0.25, 0.3) is 5.91 Å². The van der Waals surface area contributed by atoms with Crippen LogP contribution in [-0.4, -0.2) is 43.9 Å². The third-order valence-electron chi connectivity index (χ3n) is 5.42. The molecule has 2 aromatic carbocycles. The lowest BCUT2D eigenvalue weighted by Crippen LogP contribution is -2.39. The van der Waals surface area contributed by atoms with E-state index in [4.69, 9.17) is 9.40 Å². The predicted octanol–water partition coefficient (Wildman–Crippen LogP) is 3.94. The molecule has 1 amide bonds. The van der Waals surface area contributed by atoms with E-state index in [0.717, 1.165) is 24.1 Å². The number of hydrogen-bond acceptors (Lipinski definition) is 5. The van der Waals surface area contributed by atoms with Crippen LogP contribution in [0.2, 0.25) is 0 Å². The van der Waals surface area contributed by atoms with E-state index < -0.39 is 0 Å². The highest BCUT2D eigenvalue weighted by atomic mass is 16.3. The van der Waals surface area contributed by atoms with E-state index in [9.17, 15) is 4.79 Å². The molecule has 3 heterocycles. The molecule has 7 nitrogen and oxygen atoms in total. The Kier molecular flexibility index (Phi) is 4.85. The number of aromatic nitrogens is 4. The lowest BCUT2D eigenvalue weighted by Gasteiger charge is -2.31. The van der Waals surface area contributed by atoms with Gasteiger partial charge in [-0.15, -0.1) is 0 Å². The van der Waals surface area contributed by atoms with Gasteiger partial charge in [-0.1, -0.05) is 42.5 Å². The van der Waals surface area contributed by atoms with Gasteiger partial charge in [0, 0.05) is 18.7 Å². The molecule has 1 unspecified atom stereocenters. The molecule has 1 aliphatic rings. The summed E-state index contributed by atoms with van der Waals surface area (Å²) in [5.74, 6) is 0.742. The van der Waals surface area contributed by atoms with Crippen LogP contribution >= 0.6 is 0 Å². The van der Waals surface area contributed by atoms with Crippen LogP contribution in [0.1, 0.15) is 35.0 Å². The van der Waals surface area contributed by atoms with Gasteiger partial charge < -0.3 is 9.32 Å². The van der Waals surface area contributed by atoms with Gasteiger partial charge >= 0.3 is 0 Å². The fraction of sp³-hybridized carbons (Fsp3) is 0.217.